The van der Waals surface area contributed by atoms with Crippen molar-refractivity contribution in [1.29, 1.82) is 0 Å². The largest absolute Gasteiger partial charge is 0.383 e. The Balaban J connectivity index is 2.49. The highest BCUT2D eigenvalue weighted by molar-refractivity contribution is 9.10. The number of rotatable bonds is 3. The molecule has 5 N–H and O–H groups in total. The Morgan fingerprint density at radius 3 is 2.63 bits per heavy atom. The summed E-state index contributed by atoms with van der Waals surface area (Å²) in [4.78, 5) is 4.18. The molecule has 100 valence electrons. The van der Waals surface area contributed by atoms with Gasteiger partial charge in [0.25, 0.3) is 0 Å². The molecule has 0 spiro atoms. The third-order valence-corrected chi connectivity index (χ3v) is 3.95. The first-order valence-corrected chi connectivity index (χ1v) is 6.76. The van der Waals surface area contributed by atoms with Gasteiger partial charge in [0.05, 0.1) is 6.04 Å². The molecule has 1 unspecified atom stereocenters. The van der Waals surface area contributed by atoms with Crippen LogP contribution in [0.4, 0.5) is 5.82 Å². The number of aromatic nitrogens is 1. The summed E-state index contributed by atoms with van der Waals surface area (Å²) < 4.78 is 1.05. The van der Waals surface area contributed by atoms with Gasteiger partial charge in [-0.3, -0.25) is 5.84 Å². The van der Waals surface area contributed by atoms with Crippen molar-refractivity contribution in [2.45, 2.75) is 19.9 Å². The van der Waals surface area contributed by atoms with Crippen LogP contribution in [0.5, 0.6) is 0 Å². The molecule has 4 nitrogen and oxygen atoms in total. The third-order valence-electron chi connectivity index (χ3n) is 3.09. The van der Waals surface area contributed by atoms with Crippen molar-refractivity contribution in [3.8, 4) is 0 Å². The summed E-state index contributed by atoms with van der Waals surface area (Å²) in [5.41, 5.74) is 12.9. The molecule has 2 aromatic rings. The van der Waals surface area contributed by atoms with Gasteiger partial charge in [0, 0.05) is 16.2 Å². The summed E-state index contributed by atoms with van der Waals surface area (Å²) in [6, 6.07) is 7.95. The molecule has 5 heteroatoms. The Morgan fingerprint density at radius 2 is 2.00 bits per heavy atom. The molecule has 0 amide bonds. The highest BCUT2D eigenvalue weighted by Gasteiger charge is 2.17. The number of aryl methyl sites for hydroxylation is 2. The van der Waals surface area contributed by atoms with Crippen molar-refractivity contribution in [3.05, 3.63) is 57.2 Å². The van der Waals surface area contributed by atoms with Crippen LogP contribution >= 0.6 is 15.9 Å². The van der Waals surface area contributed by atoms with Gasteiger partial charge in [0.15, 0.2) is 0 Å². The fourth-order valence-electron chi connectivity index (χ4n) is 1.99. The number of hydrogen-bond donors (Lipinski definition) is 3. The van der Waals surface area contributed by atoms with Crippen LogP contribution in [-0.2, 0) is 0 Å². The second-order valence-corrected chi connectivity index (χ2v) is 5.45. The average Bonchev–Trinajstić information content (AvgIpc) is 2.38. The maximum absolute atomic E-state index is 5.95. The molecule has 1 heterocycles. The quantitative estimate of drug-likeness (QED) is 0.600. The minimum atomic E-state index is -0.177. The van der Waals surface area contributed by atoms with Gasteiger partial charge in [-0.05, 0) is 42.7 Å². The Kier molecular flexibility index (Phi) is 4.19. The van der Waals surface area contributed by atoms with E-state index in [0.29, 0.717) is 5.82 Å². The van der Waals surface area contributed by atoms with Crippen LogP contribution in [0.25, 0.3) is 0 Å². The van der Waals surface area contributed by atoms with E-state index in [1.54, 1.807) is 6.20 Å². The molecule has 0 saturated carbocycles. The Bertz CT molecular complexity index is 598. The van der Waals surface area contributed by atoms with Crippen LogP contribution in [0, 0.1) is 13.8 Å². The fraction of sp³-hybridized carbons (Fsp3) is 0.214. The molecule has 1 atom stereocenters. The number of hydrogen-bond acceptors (Lipinski definition) is 4. The Labute approximate surface area is 121 Å². The normalized spacial score (nSPS) is 12.4. The van der Waals surface area contributed by atoms with Gasteiger partial charge in [0.2, 0.25) is 0 Å². The smallest absolute Gasteiger partial charge is 0.128 e. The van der Waals surface area contributed by atoms with Crippen molar-refractivity contribution < 1.29 is 0 Å². The first kappa shape index (κ1) is 14.0. The number of pyridine rings is 1. The van der Waals surface area contributed by atoms with Gasteiger partial charge in [-0.25, -0.2) is 10.4 Å². The number of nitrogens with one attached hydrogen (secondary N) is 1. The van der Waals surface area contributed by atoms with Crippen LogP contribution in [0.1, 0.15) is 28.3 Å². The number of nitrogen functional groups attached to an aromatic ring is 1. The number of anilines is 1. The van der Waals surface area contributed by atoms with E-state index in [9.17, 15) is 0 Å². The van der Waals surface area contributed by atoms with E-state index in [4.69, 9.17) is 11.6 Å². The first-order valence-electron chi connectivity index (χ1n) is 5.97. The molecule has 1 aromatic carbocycles. The van der Waals surface area contributed by atoms with Crippen molar-refractivity contribution in [1.82, 2.24) is 10.4 Å². The van der Waals surface area contributed by atoms with Gasteiger partial charge in [-0.15, -0.1) is 0 Å². The molecular formula is C14H17BrN4. The van der Waals surface area contributed by atoms with Crippen LogP contribution < -0.4 is 17.0 Å². The van der Waals surface area contributed by atoms with Crippen LogP contribution in [0.2, 0.25) is 0 Å². The lowest BCUT2D eigenvalue weighted by molar-refractivity contribution is 0.636. The SMILES string of the molecule is Cc1cnc(N)c(C(NN)c2ccc(C)c(Br)c2)c1. The van der Waals surface area contributed by atoms with Crippen LogP contribution in [-0.4, -0.2) is 4.98 Å². The predicted octanol–water partition coefficient (Wildman–Crippen LogP) is 2.60. The topological polar surface area (TPSA) is 77.0 Å². The molecule has 0 aliphatic heterocycles. The molecule has 0 aliphatic rings. The lowest BCUT2D eigenvalue weighted by Crippen LogP contribution is -2.29. The monoisotopic (exact) mass is 320 g/mol. The summed E-state index contributed by atoms with van der Waals surface area (Å²) >= 11 is 3.53. The van der Waals surface area contributed by atoms with Crippen LogP contribution in [0.15, 0.2) is 34.9 Å². The maximum Gasteiger partial charge on any atom is 0.128 e. The summed E-state index contributed by atoms with van der Waals surface area (Å²) in [6.45, 7) is 4.02. The standard InChI is InChI=1S/C14H17BrN4/c1-8-5-11(14(16)18-7-8)13(19-17)10-4-3-9(2)12(15)6-10/h3-7,13,19H,17H2,1-2H3,(H2,16,18). The summed E-state index contributed by atoms with van der Waals surface area (Å²) in [6.07, 6.45) is 1.75. The van der Waals surface area contributed by atoms with E-state index < -0.39 is 0 Å². The first-order chi connectivity index (χ1) is 9.02. The molecule has 1 aromatic heterocycles. The fourth-order valence-corrected chi connectivity index (χ4v) is 2.38. The number of nitrogens with two attached hydrogens (primary N) is 2. The Hall–Kier alpha value is -1.43. The van der Waals surface area contributed by atoms with Crippen molar-refractivity contribution >= 4 is 21.7 Å². The second-order valence-electron chi connectivity index (χ2n) is 4.60. The highest BCUT2D eigenvalue weighted by Crippen LogP contribution is 2.28. The predicted molar refractivity (Wildman–Crippen MR) is 81.4 cm³/mol. The van der Waals surface area contributed by atoms with E-state index in [0.717, 1.165) is 21.2 Å². The number of hydrazine groups is 1. The molecule has 0 aliphatic carbocycles. The van der Waals surface area contributed by atoms with E-state index >= 15 is 0 Å². The van der Waals surface area contributed by atoms with E-state index in [-0.39, 0.29) is 6.04 Å². The molecular weight excluding hydrogens is 304 g/mol. The van der Waals surface area contributed by atoms with Gasteiger partial charge in [-0.1, -0.05) is 28.1 Å². The minimum Gasteiger partial charge on any atom is -0.383 e. The lowest BCUT2D eigenvalue weighted by atomic mass is 9.98. The van der Waals surface area contributed by atoms with Gasteiger partial charge >= 0.3 is 0 Å². The molecule has 19 heavy (non-hydrogen) atoms. The minimum absolute atomic E-state index is 0.177. The second kappa shape index (κ2) is 5.69. The summed E-state index contributed by atoms with van der Waals surface area (Å²) in [5, 5.41) is 0. The summed E-state index contributed by atoms with van der Waals surface area (Å²) in [7, 11) is 0. The molecule has 0 bridgehead atoms. The molecule has 0 radical (unpaired) electrons. The molecule has 2 rings (SSSR count). The van der Waals surface area contributed by atoms with Gasteiger partial charge < -0.3 is 5.73 Å². The zero-order valence-corrected chi connectivity index (χ0v) is 12.5. The number of nitrogens with zero attached hydrogens (tertiary/aromatic N) is 1. The zero-order valence-electron chi connectivity index (χ0n) is 10.9. The Morgan fingerprint density at radius 1 is 1.26 bits per heavy atom. The summed E-state index contributed by atoms with van der Waals surface area (Å²) in [5.74, 6) is 6.19. The van der Waals surface area contributed by atoms with Gasteiger partial charge in [-0.2, -0.15) is 0 Å². The van der Waals surface area contributed by atoms with Crippen LogP contribution in [0.3, 0.4) is 0 Å². The van der Waals surface area contributed by atoms with Gasteiger partial charge in [0.1, 0.15) is 5.82 Å². The number of benzene rings is 1. The maximum atomic E-state index is 5.95. The van der Waals surface area contributed by atoms with Crippen molar-refractivity contribution in [2.24, 2.45) is 5.84 Å². The van der Waals surface area contributed by atoms with E-state index in [2.05, 4.69) is 26.3 Å². The van der Waals surface area contributed by atoms with E-state index in [1.807, 2.05) is 38.1 Å². The average molecular weight is 321 g/mol. The molecule has 0 saturated heterocycles. The zero-order chi connectivity index (χ0) is 14.0. The van der Waals surface area contributed by atoms with Crippen molar-refractivity contribution in [2.75, 3.05) is 5.73 Å². The van der Waals surface area contributed by atoms with Crippen molar-refractivity contribution in [3.63, 3.8) is 0 Å². The van der Waals surface area contributed by atoms with E-state index in [1.165, 1.54) is 5.56 Å². The third kappa shape index (κ3) is 2.94. The molecule has 0 fully saturated rings. The number of halogens is 1. The highest BCUT2D eigenvalue weighted by atomic mass is 79.9. The lowest BCUT2D eigenvalue weighted by Gasteiger charge is -2.19.